The second-order valence-corrected chi connectivity index (χ2v) is 5.24. The minimum Gasteiger partial charge on any atom is -0.368 e. The number of anilines is 1. The van der Waals surface area contributed by atoms with Crippen LogP contribution in [0.15, 0.2) is 24.3 Å². The molecule has 0 saturated carbocycles. The summed E-state index contributed by atoms with van der Waals surface area (Å²) in [4.78, 5) is 2.54. The fourth-order valence-electron chi connectivity index (χ4n) is 2.61. The number of benzene rings is 1. The average Bonchev–Trinajstić information content (AvgIpc) is 2.39. The lowest BCUT2D eigenvalue weighted by molar-refractivity contribution is 0.314. The summed E-state index contributed by atoms with van der Waals surface area (Å²) in [6.07, 6.45) is 2.29. The van der Waals surface area contributed by atoms with E-state index in [2.05, 4.69) is 55.3 Å². The zero-order valence-electron chi connectivity index (χ0n) is 11.3. The molecule has 1 heterocycles. The van der Waals surface area contributed by atoms with Gasteiger partial charge in [0.2, 0.25) is 0 Å². The Hall–Kier alpha value is -1.02. The van der Waals surface area contributed by atoms with Gasteiger partial charge in [-0.1, -0.05) is 32.0 Å². The third kappa shape index (κ3) is 2.63. The zero-order chi connectivity index (χ0) is 12.3. The monoisotopic (exact) mass is 232 g/mol. The fourth-order valence-corrected chi connectivity index (χ4v) is 2.61. The van der Waals surface area contributed by atoms with Gasteiger partial charge < -0.3 is 10.2 Å². The van der Waals surface area contributed by atoms with Gasteiger partial charge in [-0.15, -0.1) is 0 Å². The third-order valence-electron chi connectivity index (χ3n) is 3.97. The molecule has 0 spiro atoms. The molecule has 1 saturated heterocycles. The first kappa shape index (κ1) is 12.4. The van der Waals surface area contributed by atoms with Gasteiger partial charge in [-0.25, -0.2) is 0 Å². The van der Waals surface area contributed by atoms with E-state index < -0.39 is 0 Å². The number of hydrogen-bond acceptors (Lipinski definition) is 2. The molecular formula is C15H24N2. The van der Waals surface area contributed by atoms with Gasteiger partial charge in [0.1, 0.15) is 0 Å². The SMILES string of the molecule is CCc1ccccc1N1CCNC(C)(CC)C1. The molecule has 2 heteroatoms. The Morgan fingerprint density at radius 3 is 2.76 bits per heavy atom. The van der Waals surface area contributed by atoms with E-state index in [1.165, 1.54) is 17.7 Å². The van der Waals surface area contributed by atoms with E-state index in [1.54, 1.807) is 0 Å². The number of hydrogen-bond donors (Lipinski definition) is 1. The molecule has 1 atom stereocenters. The van der Waals surface area contributed by atoms with Crippen molar-refractivity contribution < 1.29 is 0 Å². The largest absolute Gasteiger partial charge is 0.368 e. The molecule has 1 unspecified atom stereocenters. The van der Waals surface area contributed by atoms with Crippen molar-refractivity contribution in [2.75, 3.05) is 24.5 Å². The normalized spacial score (nSPS) is 25.0. The maximum atomic E-state index is 3.64. The molecule has 1 aromatic rings. The van der Waals surface area contributed by atoms with Crippen LogP contribution in [0.1, 0.15) is 32.8 Å². The van der Waals surface area contributed by atoms with Crippen molar-refractivity contribution in [1.29, 1.82) is 0 Å². The van der Waals surface area contributed by atoms with E-state index >= 15 is 0 Å². The van der Waals surface area contributed by atoms with E-state index in [0.717, 1.165) is 26.1 Å². The highest BCUT2D eigenvalue weighted by molar-refractivity contribution is 5.54. The van der Waals surface area contributed by atoms with Gasteiger partial charge in [0.15, 0.2) is 0 Å². The topological polar surface area (TPSA) is 15.3 Å². The van der Waals surface area contributed by atoms with Gasteiger partial charge in [0.25, 0.3) is 0 Å². The molecule has 1 N–H and O–H groups in total. The second-order valence-electron chi connectivity index (χ2n) is 5.24. The van der Waals surface area contributed by atoms with Crippen molar-refractivity contribution in [3.05, 3.63) is 29.8 Å². The summed E-state index contributed by atoms with van der Waals surface area (Å²) >= 11 is 0. The second kappa shape index (κ2) is 5.09. The highest BCUT2D eigenvalue weighted by atomic mass is 15.2. The lowest BCUT2D eigenvalue weighted by Crippen LogP contribution is -2.58. The Bertz CT molecular complexity index is 375. The number of rotatable bonds is 3. The molecule has 94 valence electrons. The van der Waals surface area contributed by atoms with Crippen LogP contribution < -0.4 is 10.2 Å². The zero-order valence-corrected chi connectivity index (χ0v) is 11.3. The Kier molecular flexibility index (Phi) is 3.72. The van der Waals surface area contributed by atoms with Crippen molar-refractivity contribution in [3.8, 4) is 0 Å². The number of nitrogens with zero attached hydrogens (tertiary/aromatic N) is 1. The number of para-hydroxylation sites is 1. The predicted octanol–water partition coefficient (Wildman–Crippen LogP) is 2.83. The Balaban J connectivity index is 2.22. The van der Waals surface area contributed by atoms with Crippen LogP contribution in [0, 0.1) is 0 Å². The van der Waals surface area contributed by atoms with Gasteiger partial charge in [-0.05, 0) is 31.4 Å². The van der Waals surface area contributed by atoms with Crippen LogP contribution in [0.4, 0.5) is 5.69 Å². The molecule has 1 fully saturated rings. The quantitative estimate of drug-likeness (QED) is 0.862. The molecule has 0 radical (unpaired) electrons. The number of piperazine rings is 1. The smallest absolute Gasteiger partial charge is 0.0399 e. The molecule has 0 amide bonds. The number of nitrogens with one attached hydrogen (secondary N) is 1. The Labute approximate surface area is 105 Å². The van der Waals surface area contributed by atoms with Crippen LogP contribution in [0.5, 0.6) is 0 Å². The highest BCUT2D eigenvalue weighted by Gasteiger charge is 2.29. The molecular weight excluding hydrogens is 208 g/mol. The summed E-state index contributed by atoms with van der Waals surface area (Å²) in [6.45, 7) is 10.1. The van der Waals surface area contributed by atoms with Crippen molar-refractivity contribution in [1.82, 2.24) is 5.32 Å². The molecule has 2 rings (SSSR count). The maximum Gasteiger partial charge on any atom is 0.0399 e. The van der Waals surface area contributed by atoms with E-state index in [9.17, 15) is 0 Å². The summed E-state index contributed by atoms with van der Waals surface area (Å²) < 4.78 is 0. The van der Waals surface area contributed by atoms with Crippen LogP contribution >= 0.6 is 0 Å². The van der Waals surface area contributed by atoms with Crippen molar-refractivity contribution in [2.45, 2.75) is 39.2 Å². The van der Waals surface area contributed by atoms with Crippen LogP contribution in [0.2, 0.25) is 0 Å². The molecule has 1 aliphatic heterocycles. The van der Waals surface area contributed by atoms with E-state index in [4.69, 9.17) is 0 Å². The van der Waals surface area contributed by atoms with Gasteiger partial charge in [0.05, 0.1) is 0 Å². The third-order valence-corrected chi connectivity index (χ3v) is 3.97. The van der Waals surface area contributed by atoms with Crippen LogP contribution in [-0.2, 0) is 6.42 Å². The summed E-state index contributed by atoms with van der Waals surface area (Å²) in [7, 11) is 0. The lowest BCUT2D eigenvalue weighted by atomic mass is 9.95. The van der Waals surface area contributed by atoms with Gasteiger partial charge in [0, 0.05) is 30.9 Å². The predicted molar refractivity (Wildman–Crippen MR) is 74.7 cm³/mol. The summed E-state index contributed by atoms with van der Waals surface area (Å²) in [6, 6.07) is 8.81. The number of aryl methyl sites for hydroxylation is 1. The first-order chi connectivity index (χ1) is 8.18. The summed E-state index contributed by atoms with van der Waals surface area (Å²) in [5, 5.41) is 3.64. The van der Waals surface area contributed by atoms with Gasteiger partial charge >= 0.3 is 0 Å². The van der Waals surface area contributed by atoms with Crippen LogP contribution in [0.3, 0.4) is 0 Å². The van der Waals surface area contributed by atoms with E-state index in [0.29, 0.717) is 0 Å². The molecule has 2 nitrogen and oxygen atoms in total. The highest BCUT2D eigenvalue weighted by Crippen LogP contribution is 2.25. The summed E-state index contributed by atoms with van der Waals surface area (Å²) in [5.41, 5.74) is 3.16. The van der Waals surface area contributed by atoms with Crippen LogP contribution in [0.25, 0.3) is 0 Å². The van der Waals surface area contributed by atoms with Gasteiger partial charge in [-0.2, -0.15) is 0 Å². The maximum absolute atomic E-state index is 3.64. The first-order valence-corrected chi connectivity index (χ1v) is 6.76. The van der Waals surface area contributed by atoms with Gasteiger partial charge in [-0.3, -0.25) is 0 Å². The minimum atomic E-state index is 0.263. The van der Waals surface area contributed by atoms with Crippen molar-refractivity contribution in [2.24, 2.45) is 0 Å². The fraction of sp³-hybridized carbons (Fsp3) is 0.600. The minimum absolute atomic E-state index is 0.263. The molecule has 0 bridgehead atoms. The van der Waals surface area contributed by atoms with Crippen LogP contribution in [-0.4, -0.2) is 25.2 Å². The first-order valence-electron chi connectivity index (χ1n) is 6.76. The molecule has 1 aromatic carbocycles. The van der Waals surface area contributed by atoms with E-state index in [-0.39, 0.29) is 5.54 Å². The van der Waals surface area contributed by atoms with E-state index in [1.807, 2.05) is 0 Å². The van der Waals surface area contributed by atoms with Crippen molar-refractivity contribution in [3.63, 3.8) is 0 Å². The molecule has 17 heavy (non-hydrogen) atoms. The molecule has 0 aliphatic carbocycles. The summed E-state index contributed by atoms with van der Waals surface area (Å²) in [5.74, 6) is 0. The lowest BCUT2D eigenvalue weighted by Gasteiger charge is -2.42. The Morgan fingerprint density at radius 1 is 1.29 bits per heavy atom. The molecule has 0 aromatic heterocycles. The average molecular weight is 232 g/mol. The molecule has 1 aliphatic rings. The van der Waals surface area contributed by atoms with Crippen molar-refractivity contribution >= 4 is 5.69 Å². The Morgan fingerprint density at radius 2 is 2.06 bits per heavy atom. The standard InChI is InChI=1S/C15H24N2/c1-4-13-8-6-7-9-14(13)17-11-10-16-15(3,5-2)12-17/h6-9,16H,4-5,10-12H2,1-3H3.